The Hall–Kier alpha value is -3.78. The van der Waals surface area contributed by atoms with Gasteiger partial charge >= 0.3 is 0 Å². The van der Waals surface area contributed by atoms with E-state index in [-0.39, 0.29) is 24.5 Å². The number of likely N-dealkylation sites (tertiary alicyclic amines) is 1. The first-order valence-electron chi connectivity index (χ1n) is 18.4. The van der Waals surface area contributed by atoms with Gasteiger partial charge in [0.05, 0.1) is 37.6 Å². The third-order valence-electron chi connectivity index (χ3n) is 11.0. The van der Waals surface area contributed by atoms with E-state index >= 15 is 0 Å². The fraction of sp³-hybridized carbons (Fsp3) is 0.537. The molecule has 268 valence electrons. The fourth-order valence-electron chi connectivity index (χ4n) is 8.37. The van der Waals surface area contributed by atoms with Crippen LogP contribution in [-0.2, 0) is 16.0 Å². The van der Waals surface area contributed by atoms with Gasteiger partial charge in [0.25, 0.3) is 0 Å². The summed E-state index contributed by atoms with van der Waals surface area (Å²) in [6.45, 7) is 10.2. The number of pyridine rings is 1. The lowest BCUT2D eigenvalue weighted by atomic mass is 9.74. The van der Waals surface area contributed by atoms with Crippen molar-refractivity contribution in [2.45, 2.75) is 97.2 Å². The maximum Gasteiger partial charge on any atom is 0.233 e. The lowest BCUT2D eigenvalue weighted by Crippen LogP contribution is -2.41. The van der Waals surface area contributed by atoms with Crippen LogP contribution < -0.4 is 19.3 Å². The minimum atomic E-state index is -0.408. The number of hydrogen-bond donors (Lipinski definition) is 0. The van der Waals surface area contributed by atoms with Gasteiger partial charge in [-0.15, -0.1) is 0 Å². The largest absolute Gasteiger partial charge is 0.493 e. The Labute approximate surface area is 303 Å². The van der Waals surface area contributed by atoms with Crippen molar-refractivity contribution in [2.24, 2.45) is 17.8 Å². The number of anilines is 2. The third kappa shape index (κ3) is 7.91. The minimum absolute atomic E-state index is 0.0306. The molecule has 0 bridgehead atoms. The highest BCUT2D eigenvalue weighted by molar-refractivity contribution is 6.30. The highest BCUT2D eigenvalue weighted by atomic mass is 35.5. The molecular formula is C41H53ClN4O4. The molecule has 0 spiro atoms. The maximum absolute atomic E-state index is 13.9. The number of benzene rings is 2. The maximum atomic E-state index is 13.9. The topological polar surface area (TPSA) is 75.2 Å². The Balaban J connectivity index is 1.17. The summed E-state index contributed by atoms with van der Waals surface area (Å²) < 4.78 is 11.8. The monoisotopic (exact) mass is 700 g/mol. The van der Waals surface area contributed by atoms with Gasteiger partial charge in [0, 0.05) is 37.6 Å². The minimum Gasteiger partial charge on any atom is -0.493 e. The number of hydrogen-bond acceptors (Lipinski definition) is 6. The standard InChI is InChI=1S/C41H53ClN4O4/c1-26(2)45-25-31(8-7-9-39(45)47)29-12-10-28(11-13-29)24-44(5)34-18-19-38(43-23-34)46-40(48)21-32-20-36(49-6)37(50-27(3)4)22-35(32)41(46)30-14-16-33(42)17-15-30/h14-20,22-23,26-29,31,41H,7-13,21,24-25H2,1-6H3. The molecule has 9 heteroatoms. The zero-order chi connectivity index (χ0) is 35.5. The predicted molar refractivity (Wildman–Crippen MR) is 200 cm³/mol. The van der Waals surface area contributed by atoms with Crippen LogP contribution in [0.1, 0.15) is 95.4 Å². The summed E-state index contributed by atoms with van der Waals surface area (Å²) >= 11 is 6.29. The summed E-state index contributed by atoms with van der Waals surface area (Å²) in [5.74, 6) is 4.13. The van der Waals surface area contributed by atoms with Crippen LogP contribution in [0.3, 0.4) is 0 Å². The van der Waals surface area contributed by atoms with Crippen molar-refractivity contribution < 1.29 is 19.1 Å². The van der Waals surface area contributed by atoms with Gasteiger partial charge in [-0.25, -0.2) is 4.98 Å². The molecule has 2 aliphatic heterocycles. The number of fused-ring (bicyclic) bond motifs is 1. The second kappa shape index (κ2) is 15.6. The summed E-state index contributed by atoms with van der Waals surface area (Å²) in [7, 11) is 3.77. The number of carbonyl (C=O) groups excluding carboxylic acids is 2. The molecule has 1 saturated carbocycles. The van der Waals surface area contributed by atoms with Crippen molar-refractivity contribution in [3.8, 4) is 11.5 Å². The van der Waals surface area contributed by atoms with Crippen LogP contribution in [0.2, 0.25) is 5.02 Å². The van der Waals surface area contributed by atoms with Gasteiger partial charge in [0.15, 0.2) is 11.5 Å². The molecule has 1 aliphatic carbocycles. The van der Waals surface area contributed by atoms with Crippen molar-refractivity contribution in [1.29, 1.82) is 0 Å². The second-order valence-electron chi connectivity index (χ2n) is 15.1. The Morgan fingerprint density at radius 1 is 0.920 bits per heavy atom. The number of nitrogens with zero attached hydrogens (tertiary/aromatic N) is 4. The molecular weight excluding hydrogens is 648 g/mol. The molecule has 50 heavy (non-hydrogen) atoms. The van der Waals surface area contributed by atoms with E-state index in [1.165, 1.54) is 32.1 Å². The number of carbonyl (C=O) groups is 2. The van der Waals surface area contributed by atoms with Crippen molar-refractivity contribution in [3.05, 3.63) is 76.4 Å². The molecule has 2 atom stereocenters. The van der Waals surface area contributed by atoms with Gasteiger partial charge in [0.2, 0.25) is 11.8 Å². The van der Waals surface area contributed by atoms with Crippen molar-refractivity contribution in [1.82, 2.24) is 9.88 Å². The molecule has 1 saturated heterocycles. The molecule has 2 fully saturated rings. The Morgan fingerprint density at radius 3 is 2.30 bits per heavy atom. The zero-order valence-corrected chi connectivity index (χ0v) is 31.3. The molecule has 1 aromatic heterocycles. The summed E-state index contributed by atoms with van der Waals surface area (Å²) in [6.07, 6.45) is 9.89. The summed E-state index contributed by atoms with van der Waals surface area (Å²) in [4.78, 5) is 37.7. The van der Waals surface area contributed by atoms with E-state index in [0.717, 1.165) is 41.9 Å². The van der Waals surface area contributed by atoms with Crippen LogP contribution in [0.5, 0.6) is 11.5 Å². The molecule has 2 aromatic carbocycles. The van der Waals surface area contributed by atoms with Crippen LogP contribution in [0.25, 0.3) is 0 Å². The zero-order valence-electron chi connectivity index (χ0n) is 30.5. The van der Waals surface area contributed by atoms with Gasteiger partial charge < -0.3 is 19.3 Å². The first-order chi connectivity index (χ1) is 24.0. The average molecular weight is 701 g/mol. The van der Waals surface area contributed by atoms with Crippen molar-refractivity contribution in [2.75, 3.05) is 37.0 Å². The lowest BCUT2D eigenvalue weighted by molar-refractivity contribution is -0.132. The summed E-state index contributed by atoms with van der Waals surface area (Å²) in [6, 6.07) is 15.5. The Morgan fingerprint density at radius 2 is 1.66 bits per heavy atom. The number of rotatable bonds is 10. The van der Waals surface area contributed by atoms with Crippen LogP contribution in [0.15, 0.2) is 54.7 Å². The highest BCUT2D eigenvalue weighted by Gasteiger charge is 2.37. The van der Waals surface area contributed by atoms with E-state index in [1.54, 1.807) is 7.11 Å². The number of methoxy groups -OCH3 is 1. The quantitative estimate of drug-likeness (QED) is 0.211. The van der Waals surface area contributed by atoms with Gasteiger partial charge in [-0.3, -0.25) is 14.5 Å². The molecule has 3 aliphatic rings. The molecule has 3 aromatic rings. The summed E-state index contributed by atoms with van der Waals surface area (Å²) in [5, 5.41) is 0.638. The van der Waals surface area contributed by atoms with Crippen molar-refractivity contribution in [3.63, 3.8) is 0 Å². The molecule has 0 N–H and O–H groups in total. The Kier molecular flexibility index (Phi) is 11.3. The van der Waals surface area contributed by atoms with E-state index in [9.17, 15) is 9.59 Å². The summed E-state index contributed by atoms with van der Waals surface area (Å²) in [5.41, 5.74) is 3.87. The van der Waals surface area contributed by atoms with E-state index in [4.69, 9.17) is 26.1 Å². The van der Waals surface area contributed by atoms with Crippen molar-refractivity contribution >= 4 is 34.9 Å². The molecule has 8 nitrogen and oxygen atoms in total. The number of aromatic nitrogens is 1. The third-order valence-corrected chi connectivity index (χ3v) is 11.2. The van der Waals surface area contributed by atoms with E-state index in [0.29, 0.717) is 52.4 Å². The molecule has 6 rings (SSSR count). The number of ether oxygens (including phenoxy) is 2. The van der Waals surface area contributed by atoms with E-state index in [2.05, 4.69) is 36.8 Å². The molecule has 2 amide bonds. The van der Waals surface area contributed by atoms with Gasteiger partial charge in [-0.05, 0) is 137 Å². The van der Waals surface area contributed by atoms with Crippen LogP contribution in [0, 0.1) is 17.8 Å². The van der Waals surface area contributed by atoms with Gasteiger partial charge in [-0.1, -0.05) is 23.7 Å². The highest BCUT2D eigenvalue weighted by Crippen LogP contribution is 2.44. The molecule has 3 heterocycles. The van der Waals surface area contributed by atoms with Crippen LogP contribution >= 0.6 is 11.6 Å². The van der Waals surface area contributed by atoms with Gasteiger partial charge in [-0.2, -0.15) is 0 Å². The SMILES string of the molecule is COc1cc2c(cc1OC(C)C)C(c1ccc(Cl)cc1)N(c1ccc(N(C)CC3CCC(C4CCCC(=O)N(C(C)C)C4)CC3)cn1)C(=O)C2. The Bertz CT molecular complexity index is 1640. The van der Waals surface area contributed by atoms with E-state index in [1.807, 2.05) is 67.4 Å². The van der Waals surface area contributed by atoms with Crippen LogP contribution in [-0.4, -0.2) is 61.1 Å². The lowest BCUT2D eigenvalue weighted by Gasteiger charge is -2.38. The number of halogens is 1. The number of amides is 2. The fourth-order valence-corrected chi connectivity index (χ4v) is 8.49. The van der Waals surface area contributed by atoms with Gasteiger partial charge in [0.1, 0.15) is 5.82 Å². The first-order valence-corrected chi connectivity index (χ1v) is 18.8. The first kappa shape index (κ1) is 36.0. The molecule has 0 radical (unpaired) electrons. The average Bonchev–Trinajstić information content (AvgIpc) is 3.29. The van der Waals surface area contributed by atoms with E-state index < -0.39 is 6.04 Å². The normalized spacial score (nSPS) is 22.8. The molecule has 2 unspecified atom stereocenters. The second-order valence-corrected chi connectivity index (χ2v) is 15.5. The van der Waals surface area contributed by atoms with Crippen LogP contribution in [0.4, 0.5) is 11.5 Å². The predicted octanol–water partition coefficient (Wildman–Crippen LogP) is 8.49. The smallest absolute Gasteiger partial charge is 0.233 e.